The summed E-state index contributed by atoms with van der Waals surface area (Å²) in [6, 6.07) is 0. The first-order chi connectivity index (χ1) is 19.5. The summed E-state index contributed by atoms with van der Waals surface area (Å²) in [4.78, 5) is 27.6. The van der Waals surface area contributed by atoms with Crippen LogP contribution in [-0.2, 0) is 19.1 Å². The number of cyclic esters (lactones) is 2. The minimum Gasteiger partial charge on any atom is -0.427 e. The van der Waals surface area contributed by atoms with Gasteiger partial charge in [-0.25, -0.2) is 9.59 Å². The van der Waals surface area contributed by atoms with Gasteiger partial charge in [-0.05, 0) is 107 Å². The Labute approximate surface area is 238 Å². The minimum atomic E-state index is -0.603. The van der Waals surface area contributed by atoms with Gasteiger partial charge in [0.1, 0.15) is 11.5 Å². The predicted molar refractivity (Wildman–Crippen MR) is 152 cm³/mol. The first kappa shape index (κ1) is 27.9. The molecule has 7 heteroatoms. The van der Waals surface area contributed by atoms with Crippen LogP contribution in [0.2, 0.25) is 0 Å². The number of nitrogens with one attached hydrogen (secondary N) is 1. The molecule has 1 spiro atoms. The molecule has 218 valence electrons. The third-order valence-corrected chi connectivity index (χ3v) is 10.7. The van der Waals surface area contributed by atoms with Crippen LogP contribution in [-0.4, -0.2) is 36.4 Å². The van der Waals surface area contributed by atoms with E-state index in [4.69, 9.17) is 15.2 Å². The van der Waals surface area contributed by atoms with Gasteiger partial charge in [0.05, 0.1) is 17.2 Å². The largest absolute Gasteiger partial charge is 0.427 e. The number of nitrogens with two attached hydrogens (primary N) is 1. The smallest absolute Gasteiger partial charge is 0.340 e. The number of hydrogen-bond donors (Lipinski definition) is 3. The zero-order valence-electron chi connectivity index (χ0n) is 24.2. The summed E-state index contributed by atoms with van der Waals surface area (Å²) in [7, 11) is 0. The SMILES string of the molecule is CCCC=C1OC(=O)C2=C1CCC1C3CCC4(C(=CCCC)OC(=O)C4=C3C(CCCO)C3CCNC(N)C3)C21. The Bertz CT molecular complexity index is 1180. The van der Waals surface area contributed by atoms with E-state index in [2.05, 4.69) is 31.3 Å². The second-order valence-electron chi connectivity index (χ2n) is 12.8. The highest BCUT2D eigenvalue weighted by atomic mass is 16.5. The molecule has 0 aromatic rings. The fourth-order valence-electron chi connectivity index (χ4n) is 9.29. The standard InChI is InChI=1S/C33H46N2O5/c1-3-5-9-24-23-12-11-22-21-13-15-33(29(22)28(23)31(37)39-24)25(10-6-4-2)40-32(38)30(33)27(21)20(8-7-17-36)19-14-16-35-26(34)18-19/h9-10,19-22,26,29,35-36H,3-8,11-18,34H2,1-2H3. The minimum absolute atomic E-state index is 0.0528. The molecule has 7 atom stereocenters. The Morgan fingerprint density at radius 1 is 1.10 bits per heavy atom. The Morgan fingerprint density at radius 2 is 1.90 bits per heavy atom. The number of allylic oxidation sites excluding steroid dienone is 5. The van der Waals surface area contributed by atoms with E-state index in [9.17, 15) is 14.7 Å². The maximum absolute atomic E-state index is 14.0. The zero-order valence-corrected chi connectivity index (χ0v) is 24.2. The van der Waals surface area contributed by atoms with Crippen LogP contribution in [0.4, 0.5) is 0 Å². The third kappa shape index (κ3) is 4.26. The molecule has 0 amide bonds. The van der Waals surface area contributed by atoms with Gasteiger partial charge in [-0.3, -0.25) is 0 Å². The van der Waals surface area contributed by atoms with Crippen molar-refractivity contribution in [3.05, 3.63) is 46.0 Å². The van der Waals surface area contributed by atoms with Crippen LogP contribution >= 0.6 is 0 Å². The maximum Gasteiger partial charge on any atom is 0.340 e. The van der Waals surface area contributed by atoms with Gasteiger partial charge in [0.15, 0.2) is 0 Å². The molecule has 7 nitrogen and oxygen atoms in total. The molecule has 3 aliphatic heterocycles. The van der Waals surface area contributed by atoms with Crippen molar-refractivity contribution < 1.29 is 24.2 Å². The van der Waals surface area contributed by atoms with Gasteiger partial charge in [0, 0.05) is 23.7 Å². The van der Waals surface area contributed by atoms with Crippen molar-refractivity contribution in [3.8, 4) is 0 Å². The van der Waals surface area contributed by atoms with Crippen molar-refractivity contribution in [2.45, 2.75) is 97.1 Å². The number of aliphatic hydroxyl groups excluding tert-OH is 1. The average Bonchev–Trinajstić information content (AvgIpc) is 3.44. The number of carbonyl (C=O) groups is 2. The molecular weight excluding hydrogens is 504 g/mol. The number of unbranched alkanes of at least 4 members (excludes halogenated alkanes) is 2. The van der Waals surface area contributed by atoms with Gasteiger partial charge < -0.3 is 25.6 Å². The van der Waals surface area contributed by atoms with E-state index in [-0.39, 0.29) is 48.4 Å². The van der Waals surface area contributed by atoms with Crippen LogP contribution in [0.3, 0.4) is 0 Å². The normalized spacial score (nSPS) is 37.5. The lowest BCUT2D eigenvalue weighted by Gasteiger charge is -2.58. The molecular formula is C33H46N2O5. The van der Waals surface area contributed by atoms with Crippen molar-refractivity contribution in [3.63, 3.8) is 0 Å². The Balaban J connectivity index is 1.54. The molecule has 0 radical (unpaired) electrons. The molecule has 0 aromatic carbocycles. The number of rotatable bonds is 9. The number of hydrogen-bond acceptors (Lipinski definition) is 7. The Hall–Kier alpha value is -2.22. The molecule has 40 heavy (non-hydrogen) atoms. The average molecular weight is 551 g/mol. The van der Waals surface area contributed by atoms with Gasteiger partial charge in [-0.15, -0.1) is 0 Å². The quantitative estimate of drug-likeness (QED) is 0.340. The molecule has 0 aromatic heterocycles. The number of ether oxygens (including phenoxy) is 2. The zero-order chi connectivity index (χ0) is 28.0. The number of aliphatic hydroxyl groups is 1. The summed E-state index contributed by atoms with van der Waals surface area (Å²) < 4.78 is 12.2. The molecule has 2 saturated heterocycles. The van der Waals surface area contributed by atoms with E-state index in [0.29, 0.717) is 12.3 Å². The van der Waals surface area contributed by atoms with E-state index >= 15 is 0 Å². The van der Waals surface area contributed by atoms with E-state index in [1.54, 1.807) is 0 Å². The van der Waals surface area contributed by atoms with Crippen molar-refractivity contribution >= 4 is 11.9 Å². The molecule has 2 bridgehead atoms. The Kier molecular flexibility index (Phi) is 7.83. The summed E-state index contributed by atoms with van der Waals surface area (Å²) in [5.41, 5.74) is 9.80. The molecule has 3 heterocycles. The van der Waals surface area contributed by atoms with Crippen LogP contribution in [0.25, 0.3) is 0 Å². The number of piperidine rings is 1. The Morgan fingerprint density at radius 3 is 2.65 bits per heavy atom. The van der Waals surface area contributed by atoms with Crippen molar-refractivity contribution in [1.29, 1.82) is 0 Å². The highest BCUT2D eigenvalue weighted by molar-refractivity contribution is 6.00. The lowest BCUT2D eigenvalue weighted by Crippen LogP contribution is -2.54. The van der Waals surface area contributed by atoms with E-state index in [1.807, 2.05) is 0 Å². The summed E-state index contributed by atoms with van der Waals surface area (Å²) in [6.07, 6.45) is 14.9. The van der Waals surface area contributed by atoms with Crippen LogP contribution in [0.15, 0.2) is 46.0 Å². The maximum atomic E-state index is 14.0. The summed E-state index contributed by atoms with van der Waals surface area (Å²) >= 11 is 0. The molecule has 4 aliphatic carbocycles. The molecule has 7 aliphatic rings. The topological polar surface area (TPSA) is 111 Å². The van der Waals surface area contributed by atoms with Crippen molar-refractivity contribution in [1.82, 2.24) is 5.32 Å². The summed E-state index contributed by atoms with van der Waals surface area (Å²) in [6.45, 7) is 5.28. The van der Waals surface area contributed by atoms with Crippen molar-refractivity contribution in [2.24, 2.45) is 40.7 Å². The highest BCUT2D eigenvalue weighted by Crippen LogP contribution is 2.71. The monoisotopic (exact) mass is 550 g/mol. The van der Waals surface area contributed by atoms with Gasteiger partial charge >= 0.3 is 11.9 Å². The summed E-state index contributed by atoms with van der Waals surface area (Å²) in [5, 5.41) is 13.2. The highest BCUT2D eigenvalue weighted by Gasteiger charge is 2.68. The van der Waals surface area contributed by atoms with E-state index < -0.39 is 5.41 Å². The lowest BCUT2D eigenvalue weighted by atomic mass is 9.43. The van der Waals surface area contributed by atoms with Crippen LogP contribution in [0.1, 0.15) is 90.9 Å². The van der Waals surface area contributed by atoms with E-state index in [0.717, 1.165) is 105 Å². The summed E-state index contributed by atoms with van der Waals surface area (Å²) in [5.74, 6) is 2.06. The fraction of sp³-hybridized carbons (Fsp3) is 0.697. The molecule has 3 fully saturated rings. The molecule has 4 N–H and O–H groups in total. The van der Waals surface area contributed by atoms with Crippen LogP contribution < -0.4 is 11.1 Å². The lowest BCUT2D eigenvalue weighted by molar-refractivity contribution is -0.135. The first-order valence-corrected chi connectivity index (χ1v) is 15.9. The second-order valence-corrected chi connectivity index (χ2v) is 12.8. The third-order valence-electron chi connectivity index (χ3n) is 10.7. The number of fused-ring (bicyclic) bond motifs is 1. The van der Waals surface area contributed by atoms with E-state index in [1.165, 1.54) is 5.57 Å². The van der Waals surface area contributed by atoms with Crippen LogP contribution in [0.5, 0.6) is 0 Å². The van der Waals surface area contributed by atoms with Gasteiger partial charge in [-0.1, -0.05) is 32.3 Å². The number of carbonyl (C=O) groups excluding carboxylic acids is 2. The molecule has 7 unspecified atom stereocenters. The second kappa shape index (κ2) is 11.2. The fourth-order valence-corrected chi connectivity index (χ4v) is 9.29. The first-order valence-electron chi connectivity index (χ1n) is 15.9. The molecule has 7 rings (SSSR count). The van der Waals surface area contributed by atoms with Crippen molar-refractivity contribution in [2.75, 3.05) is 13.2 Å². The van der Waals surface area contributed by atoms with Gasteiger partial charge in [0.25, 0.3) is 0 Å². The van der Waals surface area contributed by atoms with Crippen LogP contribution in [0, 0.1) is 35.0 Å². The van der Waals surface area contributed by atoms with Gasteiger partial charge in [-0.2, -0.15) is 0 Å². The van der Waals surface area contributed by atoms with Gasteiger partial charge in [0.2, 0.25) is 0 Å². The number of esters is 2. The molecule has 1 saturated carbocycles. The predicted octanol–water partition coefficient (Wildman–Crippen LogP) is 5.17.